The first-order valence-corrected chi connectivity index (χ1v) is 7.67. The largest absolute Gasteiger partial charge is 0.398 e. The summed E-state index contributed by atoms with van der Waals surface area (Å²) < 4.78 is 2.07. The molecule has 3 aromatic rings. The zero-order chi connectivity index (χ0) is 15.5. The van der Waals surface area contributed by atoms with Crippen LogP contribution < -0.4 is 5.73 Å². The molecular formula is C17H15Cl2N3. The molecule has 0 spiro atoms. The zero-order valence-corrected chi connectivity index (χ0v) is 13.3. The van der Waals surface area contributed by atoms with Gasteiger partial charge in [-0.1, -0.05) is 53.5 Å². The number of nitrogen functional groups attached to an aromatic ring is 1. The van der Waals surface area contributed by atoms with Crippen LogP contribution >= 0.6 is 23.2 Å². The van der Waals surface area contributed by atoms with Crippen molar-refractivity contribution >= 4 is 28.9 Å². The van der Waals surface area contributed by atoms with Crippen LogP contribution in [0, 0.1) is 0 Å². The van der Waals surface area contributed by atoms with Crippen molar-refractivity contribution in [2.45, 2.75) is 13.0 Å². The highest BCUT2D eigenvalue weighted by molar-refractivity contribution is 6.42. The molecule has 0 aliphatic heterocycles. The van der Waals surface area contributed by atoms with E-state index in [4.69, 9.17) is 28.9 Å². The van der Waals surface area contributed by atoms with E-state index in [9.17, 15) is 0 Å². The summed E-state index contributed by atoms with van der Waals surface area (Å²) >= 11 is 12.3. The molecule has 1 aromatic heterocycles. The Kier molecular flexibility index (Phi) is 4.36. The van der Waals surface area contributed by atoms with Crippen LogP contribution in [-0.4, -0.2) is 9.55 Å². The van der Waals surface area contributed by atoms with Crippen LogP contribution in [0.1, 0.15) is 17.0 Å². The van der Waals surface area contributed by atoms with Crippen molar-refractivity contribution in [2.24, 2.45) is 0 Å². The Bertz CT molecular complexity index is 796. The second-order valence-corrected chi connectivity index (χ2v) is 5.85. The van der Waals surface area contributed by atoms with Crippen LogP contribution in [-0.2, 0) is 13.0 Å². The lowest BCUT2D eigenvalue weighted by Gasteiger charge is -2.11. The maximum absolute atomic E-state index is 6.26. The van der Waals surface area contributed by atoms with Gasteiger partial charge in [0.05, 0.1) is 16.6 Å². The number of nitrogens with two attached hydrogens (primary N) is 1. The van der Waals surface area contributed by atoms with Crippen LogP contribution in [0.25, 0.3) is 0 Å². The Morgan fingerprint density at radius 1 is 1.00 bits per heavy atom. The van der Waals surface area contributed by atoms with Gasteiger partial charge in [0.25, 0.3) is 0 Å². The minimum atomic E-state index is 0.560. The van der Waals surface area contributed by atoms with Crippen molar-refractivity contribution in [3.8, 4) is 0 Å². The second-order valence-electron chi connectivity index (χ2n) is 5.06. The van der Waals surface area contributed by atoms with Gasteiger partial charge in [-0.3, -0.25) is 0 Å². The number of nitrogens with zero attached hydrogens (tertiary/aromatic N) is 2. The average Bonchev–Trinajstić information content (AvgIpc) is 2.93. The molecule has 22 heavy (non-hydrogen) atoms. The molecule has 0 saturated carbocycles. The van der Waals surface area contributed by atoms with Crippen molar-refractivity contribution < 1.29 is 0 Å². The molecule has 5 heteroatoms. The molecule has 2 N–H and O–H groups in total. The number of halogens is 2. The number of rotatable bonds is 4. The fraction of sp³-hybridized carbons (Fsp3) is 0.118. The SMILES string of the molecule is Nc1ccccc1Cn1ccnc1Cc1cccc(Cl)c1Cl. The number of hydrogen-bond acceptors (Lipinski definition) is 2. The highest BCUT2D eigenvalue weighted by Gasteiger charge is 2.10. The van der Waals surface area contributed by atoms with Crippen LogP contribution in [0.15, 0.2) is 54.9 Å². The highest BCUT2D eigenvalue weighted by atomic mass is 35.5. The van der Waals surface area contributed by atoms with Crippen LogP contribution in [0.3, 0.4) is 0 Å². The normalized spacial score (nSPS) is 10.8. The number of aromatic nitrogens is 2. The van der Waals surface area contributed by atoms with E-state index >= 15 is 0 Å². The van der Waals surface area contributed by atoms with Gasteiger partial charge in [0.2, 0.25) is 0 Å². The summed E-state index contributed by atoms with van der Waals surface area (Å²) in [6.07, 6.45) is 4.35. The fourth-order valence-corrected chi connectivity index (χ4v) is 2.76. The molecule has 0 saturated heterocycles. The lowest BCUT2D eigenvalue weighted by Crippen LogP contribution is -2.07. The molecule has 0 unspecified atom stereocenters. The minimum absolute atomic E-state index is 0.560. The fourth-order valence-electron chi connectivity index (χ4n) is 2.37. The van der Waals surface area contributed by atoms with Gasteiger partial charge in [-0.25, -0.2) is 4.98 Å². The quantitative estimate of drug-likeness (QED) is 0.719. The summed E-state index contributed by atoms with van der Waals surface area (Å²) in [5.74, 6) is 0.924. The molecule has 0 bridgehead atoms. The lowest BCUT2D eigenvalue weighted by atomic mass is 10.1. The smallest absolute Gasteiger partial charge is 0.113 e. The number of anilines is 1. The monoisotopic (exact) mass is 331 g/mol. The van der Waals surface area contributed by atoms with Crippen molar-refractivity contribution in [2.75, 3.05) is 5.73 Å². The van der Waals surface area contributed by atoms with Gasteiger partial charge in [-0.15, -0.1) is 0 Å². The van der Waals surface area contributed by atoms with Crippen LogP contribution in [0.4, 0.5) is 5.69 Å². The van der Waals surface area contributed by atoms with E-state index < -0.39 is 0 Å². The summed E-state index contributed by atoms with van der Waals surface area (Å²) in [6.45, 7) is 0.681. The van der Waals surface area contributed by atoms with Crippen LogP contribution in [0.2, 0.25) is 10.0 Å². The first-order valence-electron chi connectivity index (χ1n) is 6.91. The van der Waals surface area contributed by atoms with Gasteiger partial charge >= 0.3 is 0 Å². The predicted octanol–water partition coefficient (Wildman–Crippen LogP) is 4.41. The third-order valence-electron chi connectivity index (χ3n) is 3.58. The van der Waals surface area contributed by atoms with Gasteiger partial charge < -0.3 is 10.3 Å². The molecule has 0 aliphatic carbocycles. The summed E-state index contributed by atoms with van der Waals surface area (Å²) in [6, 6.07) is 13.5. The molecule has 0 aliphatic rings. The number of benzene rings is 2. The molecule has 0 fully saturated rings. The van der Waals surface area contributed by atoms with Gasteiger partial charge in [-0.2, -0.15) is 0 Å². The molecule has 1 heterocycles. The van der Waals surface area contributed by atoms with E-state index in [2.05, 4.69) is 9.55 Å². The zero-order valence-electron chi connectivity index (χ0n) is 11.8. The van der Waals surface area contributed by atoms with E-state index in [1.165, 1.54) is 0 Å². The molecule has 0 radical (unpaired) electrons. The summed E-state index contributed by atoms with van der Waals surface area (Å²) in [5.41, 5.74) is 8.82. The number of imidazole rings is 1. The maximum Gasteiger partial charge on any atom is 0.113 e. The standard InChI is InChI=1S/C17H15Cl2N3/c18-14-6-3-5-12(17(14)19)10-16-21-8-9-22(16)11-13-4-1-2-7-15(13)20/h1-9H,10-11,20H2. The van der Waals surface area contributed by atoms with E-state index in [0.29, 0.717) is 23.0 Å². The number of hydrogen-bond donors (Lipinski definition) is 1. The van der Waals surface area contributed by atoms with Gasteiger partial charge in [0.1, 0.15) is 5.82 Å². The van der Waals surface area contributed by atoms with Gasteiger partial charge in [0, 0.05) is 24.5 Å². The molecule has 0 atom stereocenters. The summed E-state index contributed by atoms with van der Waals surface area (Å²) in [5, 5.41) is 1.14. The first kappa shape index (κ1) is 14.9. The van der Waals surface area contributed by atoms with Crippen LogP contribution in [0.5, 0.6) is 0 Å². The summed E-state index contributed by atoms with van der Waals surface area (Å²) in [4.78, 5) is 4.43. The highest BCUT2D eigenvalue weighted by Crippen LogP contribution is 2.27. The van der Waals surface area contributed by atoms with Crippen molar-refractivity contribution in [3.05, 3.63) is 81.9 Å². The van der Waals surface area contributed by atoms with Crippen molar-refractivity contribution in [1.82, 2.24) is 9.55 Å². The average molecular weight is 332 g/mol. The Balaban J connectivity index is 1.87. The second kappa shape index (κ2) is 6.42. The molecule has 0 amide bonds. The van der Waals surface area contributed by atoms with E-state index in [1.807, 2.05) is 42.6 Å². The minimum Gasteiger partial charge on any atom is -0.398 e. The maximum atomic E-state index is 6.26. The topological polar surface area (TPSA) is 43.8 Å². The Hall–Kier alpha value is -1.97. The summed E-state index contributed by atoms with van der Waals surface area (Å²) in [7, 11) is 0. The van der Waals surface area contributed by atoms with Crippen molar-refractivity contribution in [1.29, 1.82) is 0 Å². The van der Waals surface area contributed by atoms with Crippen molar-refractivity contribution in [3.63, 3.8) is 0 Å². The molecule has 3 rings (SSSR count). The molecule has 3 nitrogen and oxygen atoms in total. The van der Waals surface area contributed by atoms with E-state index in [-0.39, 0.29) is 0 Å². The Morgan fingerprint density at radius 2 is 1.77 bits per heavy atom. The molecular weight excluding hydrogens is 317 g/mol. The van der Waals surface area contributed by atoms with Gasteiger partial charge in [0.15, 0.2) is 0 Å². The third kappa shape index (κ3) is 3.11. The third-order valence-corrected chi connectivity index (χ3v) is 4.44. The Morgan fingerprint density at radius 3 is 2.59 bits per heavy atom. The van der Waals surface area contributed by atoms with E-state index in [1.54, 1.807) is 12.3 Å². The molecule has 112 valence electrons. The molecule has 2 aromatic carbocycles. The number of para-hydroxylation sites is 1. The van der Waals surface area contributed by atoms with E-state index in [0.717, 1.165) is 22.6 Å². The van der Waals surface area contributed by atoms with Gasteiger partial charge in [-0.05, 0) is 23.3 Å². The first-order chi connectivity index (χ1) is 10.6. The lowest BCUT2D eigenvalue weighted by molar-refractivity contribution is 0.742. The Labute approximate surface area is 139 Å². The predicted molar refractivity (Wildman–Crippen MR) is 91.5 cm³/mol.